The third-order valence-electron chi connectivity index (χ3n) is 3.13. The summed E-state index contributed by atoms with van der Waals surface area (Å²) in [6.45, 7) is 5.07. The number of hydrogen-bond donors (Lipinski definition) is 1. The molecule has 2 aromatic rings. The number of methoxy groups -OCH3 is 1. The number of ether oxygens (including phenoxy) is 1. The van der Waals surface area contributed by atoms with Gasteiger partial charge in [0.15, 0.2) is 0 Å². The van der Waals surface area contributed by atoms with E-state index < -0.39 is 11.5 Å². The summed E-state index contributed by atoms with van der Waals surface area (Å²) in [5.74, 6) is -0.0210. The fourth-order valence-corrected chi connectivity index (χ4v) is 2.04. The molecule has 0 aliphatic rings. The summed E-state index contributed by atoms with van der Waals surface area (Å²) in [4.78, 5) is 23.7. The SMILES string of the molecule is C=Cn1nc(-c2ccc(OC)cc2)c(C(N)=O)c(C)c1=O. The van der Waals surface area contributed by atoms with Gasteiger partial charge in [-0.2, -0.15) is 5.10 Å². The summed E-state index contributed by atoms with van der Waals surface area (Å²) in [5.41, 5.74) is 6.32. The van der Waals surface area contributed by atoms with Crippen molar-refractivity contribution in [1.82, 2.24) is 9.78 Å². The molecule has 0 unspecified atom stereocenters. The van der Waals surface area contributed by atoms with E-state index >= 15 is 0 Å². The lowest BCUT2D eigenvalue weighted by molar-refractivity contribution is 0.0999. The van der Waals surface area contributed by atoms with Crippen molar-refractivity contribution in [3.63, 3.8) is 0 Å². The van der Waals surface area contributed by atoms with Crippen LogP contribution in [0.3, 0.4) is 0 Å². The van der Waals surface area contributed by atoms with E-state index in [1.54, 1.807) is 31.4 Å². The van der Waals surface area contributed by atoms with Gasteiger partial charge in [-0.3, -0.25) is 9.59 Å². The largest absolute Gasteiger partial charge is 0.497 e. The molecular weight excluding hydrogens is 270 g/mol. The Bertz CT molecular complexity index is 761. The highest BCUT2D eigenvalue weighted by Crippen LogP contribution is 2.24. The molecule has 0 atom stereocenters. The summed E-state index contributed by atoms with van der Waals surface area (Å²) in [7, 11) is 1.56. The number of rotatable bonds is 4. The molecule has 0 saturated heterocycles. The molecule has 0 aliphatic carbocycles. The minimum absolute atomic E-state index is 0.114. The Morgan fingerprint density at radius 2 is 2.00 bits per heavy atom. The van der Waals surface area contributed by atoms with Gasteiger partial charge < -0.3 is 10.5 Å². The normalized spacial score (nSPS) is 10.2. The molecule has 0 radical (unpaired) electrons. The van der Waals surface area contributed by atoms with Crippen LogP contribution in [0.5, 0.6) is 5.75 Å². The summed E-state index contributed by atoms with van der Waals surface area (Å²) in [5, 5.41) is 4.14. The summed E-state index contributed by atoms with van der Waals surface area (Å²) < 4.78 is 6.17. The molecule has 0 fully saturated rings. The van der Waals surface area contributed by atoms with Crippen LogP contribution < -0.4 is 16.0 Å². The molecule has 21 heavy (non-hydrogen) atoms. The van der Waals surface area contributed by atoms with E-state index in [1.807, 2.05) is 0 Å². The van der Waals surface area contributed by atoms with Gasteiger partial charge in [0.05, 0.1) is 12.7 Å². The number of carbonyl (C=O) groups excluding carboxylic acids is 1. The second kappa shape index (κ2) is 5.62. The van der Waals surface area contributed by atoms with Crippen LogP contribution in [-0.2, 0) is 0 Å². The van der Waals surface area contributed by atoms with Crippen LogP contribution in [0.4, 0.5) is 0 Å². The van der Waals surface area contributed by atoms with Crippen LogP contribution >= 0.6 is 0 Å². The zero-order valence-electron chi connectivity index (χ0n) is 11.8. The Labute approximate surface area is 121 Å². The van der Waals surface area contributed by atoms with Gasteiger partial charge in [-0.25, -0.2) is 4.68 Å². The highest BCUT2D eigenvalue weighted by atomic mass is 16.5. The summed E-state index contributed by atoms with van der Waals surface area (Å²) in [6.07, 6.45) is 1.28. The smallest absolute Gasteiger partial charge is 0.274 e. The van der Waals surface area contributed by atoms with Gasteiger partial charge in [-0.1, -0.05) is 6.58 Å². The molecule has 0 saturated carbocycles. The number of amides is 1. The minimum atomic E-state index is -0.695. The number of primary amides is 1. The molecule has 1 amide bonds. The first-order valence-electron chi connectivity index (χ1n) is 6.19. The van der Waals surface area contributed by atoms with Crippen molar-refractivity contribution in [3.8, 4) is 17.0 Å². The summed E-state index contributed by atoms with van der Waals surface area (Å²) in [6, 6.07) is 6.96. The number of benzene rings is 1. The summed E-state index contributed by atoms with van der Waals surface area (Å²) >= 11 is 0. The quantitative estimate of drug-likeness (QED) is 0.920. The van der Waals surface area contributed by atoms with Crippen LogP contribution in [0, 0.1) is 6.92 Å². The number of nitrogens with two attached hydrogens (primary N) is 1. The van der Waals surface area contributed by atoms with E-state index in [0.29, 0.717) is 17.0 Å². The number of carbonyl (C=O) groups is 1. The zero-order valence-corrected chi connectivity index (χ0v) is 11.8. The second-order valence-corrected chi connectivity index (χ2v) is 4.37. The lowest BCUT2D eigenvalue weighted by Crippen LogP contribution is -2.28. The lowest BCUT2D eigenvalue weighted by Gasteiger charge is -2.11. The monoisotopic (exact) mass is 285 g/mol. The Morgan fingerprint density at radius 3 is 2.48 bits per heavy atom. The molecule has 0 spiro atoms. The van der Waals surface area contributed by atoms with Gasteiger partial charge in [0.1, 0.15) is 11.4 Å². The van der Waals surface area contributed by atoms with Crippen LogP contribution in [0.2, 0.25) is 0 Å². The third kappa shape index (κ3) is 2.55. The Kier molecular flexibility index (Phi) is 3.89. The minimum Gasteiger partial charge on any atom is -0.497 e. The fourth-order valence-electron chi connectivity index (χ4n) is 2.04. The van der Waals surface area contributed by atoms with Crippen molar-refractivity contribution < 1.29 is 9.53 Å². The van der Waals surface area contributed by atoms with E-state index in [4.69, 9.17) is 10.5 Å². The van der Waals surface area contributed by atoms with Gasteiger partial charge in [0.2, 0.25) is 0 Å². The fraction of sp³-hybridized carbons (Fsp3) is 0.133. The first-order valence-corrected chi connectivity index (χ1v) is 6.19. The molecule has 1 heterocycles. The standard InChI is InChI=1S/C15H15N3O3/c1-4-18-15(20)9(2)12(14(16)19)13(17-18)10-5-7-11(21-3)8-6-10/h4-8H,1H2,2-3H3,(H2,16,19). The number of hydrogen-bond acceptors (Lipinski definition) is 4. The van der Waals surface area contributed by atoms with Crippen LogP contribution in [0.15, 0.2) is 35.6 Å². The first-order chi connectivity index (χ1) is 9.99. The van der Waals surface area contributed by atoms with Crippen molar-refractivity contribution in [1.29, 1.82) is 0 Å². The van der Waals surface area contributed by atoms with Gasteiger partial charge in [-0.05, 0) is 31.2 Å². The van der Waals surface area contributed by atoms with Crippen LogP contribution in [0.1, 0.15) is 15.9 Å². The molecule has 2 rings (SSSR count). The molecule has 0 aliphatic heterocycles. The maximum absolute atomic E-state index is 12.0. The Hall–Kier alpha value is -2.89. The van der Waals surface area contributed by atoms with Crippen molar-refractivity contribution in [2.45, 2.75) is 6.92 Å². The molecule has 2 N–H and O–H groups in total. The molecule has 1 aromatic heterocycles. The van der Waals surface area contributed by atoms with Gasteiger partial charge in [0, 0.05) is 17.3 Å². The third-order valence-corrected chi connectivity index (χ3v) is 3.13. The molecule has 6 nitrogen and oxygen atoms in total. The highest BCUT2D eigenvalue weighted by Gasteiger charge is 2.19. The maximum Gasteiger partial charge on any atom is 0.274 e. The van der Waals surface area contributed by atoms with E-state index in [0.717, 1.165) is 4.68 Å². The molecule has 108 valence electrons. The number of aromatic nitrogens is 2. The van der Waals surface area contributed by atoms with E-state index in [9.17, 15) is 9.59 Å². The number of nitrogens with zero attached hydrogens (tertiary/aromatic N) is 2. The van der Waals surface area contributed by atoms with Crippen LogP contribution in [0.25, 0.3) is 17.5 Å². The van der Waals surface area contributed by atoms with Crippen molar-refractivity contribution in [2.75, 3.05) is 7.11 Å². The van der Waals surface area contributed by atoms with Crippen molar-refractivity contribution in [2.24, 2.45) is 5.73 Å². The highest BCUT2D eigenvalue weighted by molar-refractivity contribution is 6.00. The average molecular weight is 285 g/mol. The van der Waals surface area contributed by atoms with E-state index in [2.05, 4.69) is 11.7 Å². The molecule has 6 heteroatoms. The molecular formula is C15H15N3O3. The van der Waals surface area contributed by atoms with Crippen LogP contribution in [-0.4, -0.2) is 22.8 Å². The Balaban J connectivity index is 2.76. The Morgan fingerprint density at radius 1 is 1.38 bits per heavy atom. The van der Waals surface area contributed by atoms with Gasteiger partial charge >= 0.3 is 0 Å². The van der Waals surface area contributed by atoms with Crippen molar-refractivity contribution in [3.05, 3.63) is 52.3 Å². The van der Waals surface area contributed by atoms with Crippen molar-refractivity contribution >= 4 is 12.1 Å². The topological polar surface area (TPSA) is 87.2 Å². The average Bonchev–Trinajstić information content (AvgIpc) is 2.49. The predicted molar refractivity (Wildman–Crippen MR) is 80.1 cm³/mol. The molecule has 0 bridgehead atoms. The first kappa shape index (κ1) is 14.5. The van der Waals surface area contributed by atoms with E-state index in [-0.39, 0.29) is 11.1 Å². The lowest BCUT2D eigenvalue weighted by atomic mass is 10.0. The van der Waals surface area contributed by atoms with E-state index in [1.165, 1.54) is 13.1 Å². The van der Waals surface area contributed by atoms with Gasteiger partial charge in [-0.15, -0.1) is 0 Å². The maximum atomic E-state index is 12.0. The molecule has 1 aromatic carbocycles. The zero-order chi connectivity index (χ0) is 15.6. The predicted octanol–water partition coefficient (Wildman–Crippen LogP) is 1.43. The van der Waals surface area contributed by atoms with Gasteiger partial charge in [0.25, 0.3) is 11.5 Å². The second-order valence-electron chi connectivity index (χ2n) is 4.37.